The summed E-state index contributed by atoms with van der Waals surface area (Å²) in [6.45, 7) is 1.42. The van der Waals surface area contributed by atoms with Crippen molar-refractivity contribution >= 4 is 11.8 Å². The molecule has 0 saturated carbocycles. The van der Waals surface area contributed by atoms with Crippen LogP contribution in [0.25, 0.3) is 0 Å². The second-order valence-corrected chi connectivity index (χ2v) is 3.31. The molecule has 0 radical (unpaired) electrons. The third kappa shape index (κ3) is 3.47. The topological polar surface area (TPSA) is 75.5 Å². The van der Waals surface area contributed by atoms with E-state index in [1.54, 1.807) is 13.2 Å². The fraction of sp³-hybridized carbons (Fsp3) is 0.500. The molecule has 1 N–H and O–H groups in total. The van der Waals surface area contributed by atoms with Gasteiger partial charge in [-0.1, -0.05) is 0 Å². The first-order chi connectivity index (χ1) is 7.65. The summed E-state index contributed by atoms with van der Waals surface area (Å²) in [6, 6.07) is 1.68. The fourth-order valence-electron chi connectivity index (χ4n) is 1.23. The summed E-state index contributed by atoms with van der Waals surface area (Å²) in [7, 11) is 3.50. The van der Waals surface area contributed by atoms with Gasteiger partial charge in [-0.15, -0.1) is 0 Å². The molecule has 0 unspecified atom stereocenters. The number of carboxylic acid groups (broad SMARTS) is 1. The van der Waals surface area contributed by atoms with E-state index in [0.29, 0.717) is 12.4 Å². The molecule has 0 aromatic carbocycles. The number of nitrogens with zero attached hydrogens (tertiary/aromatic N) is 3. The van der Waals surface area contributed by atoms with Gasteiger partial charge >= 0.3 is 5.97 Å². The van der Waals surface area contributed by atoms with Gasteiger partial charge in [-0.05, 0) is 12.5 Å². The number of methoxy groups -OCH3 is 1. The van der Waals surface area contributed by atoms with Gasteiger partial charge in [-0.25, -0.2) is 14.8 Å². The van der Waals surface area contributed by atoms with Crippen LogP contribution >= 0.6 is 0 Å². The number of aromatic nitrogens is 2. The average molecular weight is 225 g/mol. The highest BCUT2D eigenvalue weighted by molar-refractivity contribution is 5.83. The summed E-state index contributed by atoms with van der Waals surface area (Å²) in [4.78, 5) is 20.1. The molecule has 0 amide bonds. The van der Waals surface area contributed by atoms with Crippen molar-refractivity contribution in [1.29, 1.82) is 0 Å². The van der Waals surface area contributed by atoms with Crippen molar-refractivity contribution in [3.8, 4) is 0 Å². The predicted molar refractivity (Wildman–Crippen MR) is 58.8 cm³/mol. The lowest BCUT2D eigenvalue weighted by Gasteiger charge is -2.17. The van der Waals surface area contributed by atoms with Crippen LogP contribution in [0.1, 0.15) is 17.0 Å². The molecule has 6 heteroatoms. The van der Waals surface area contributed by atoms with Crippen molar-refractivity contribution in [3.63, 3.8) is 0 Å². The number of aromatic carboxylic acids is 1. The van der Waals surface area contributed by atoms with Crippen molar-refractivity contribution < 1.29 is 14.6 Å². The van der Waals surface area contributed by atoms with Gasteiger partial charge < -0.3 is 14.7 Å². The zero-order chi connectivity index (χ0) is 12.0. The zero-order valence-electron chi connectivity index (χ0n) is 9.38. The van der Waals surface area contributed by atoms with Crippen LogP contribution in [0.4, 0.5) is 5.82 Å². The van der Waals surface area contributed by atoms with Crippen LogP contribution in [0.15, 0.2) is 12.3 Å². The Balaban J connectivity index is 2.64. The smallest absolute Gasteiger partial charge is 0.374 e. The van der Waals surface area contributed by atoms with E-state index in [1.165, 1.54) is 6.20 Å². The number of hydrogen-bond acceptors (Lipinski definition) is 5. The molecular weight excluding hydrogens is 210 g/mol. The van der Waals surface area contributed by atoms with E-state index < -0.39 is 5.97 Å². The van der Waals surface area contributed by atoms with Gasteiger partial charge in [0, 0.05) is 33.5 Å². The first-order valence-corrected chi connectivity index (χ1v) is 4.91. The Hall–Kier alpha value is -1.69. The highest BCUT2D eigenvalue weighted by atomic mass is 16.5. The fourth-order valence-corrected chi connectivity index (χ4v) is 1.23. The van der Waals surface area contributed by atoms with Gasteiger partial charge in [0.1, 0.15) is 5.82 Å². The molecule has 0 atom stereocenters. The lowest BCUT2D eigenvalue weighted by molar-refractivity contribution is 0.0683. The molecule has 0 aliphatic rings. The maximum atomic E-state index is 10.7. The first-order valence-electron chi connectivity index (χ1n) is 4.91. The van der Waals surface area contributed by atoms with E-state index in [2.05, 4.69) is 9.97 Å². The number of carbonyl (C=O) groups is 1. The van der Waals surface area contributed by atoms with Crippen LogP contribution in [0.5, 0.6) is 0 Å². The van der Waals surface area contributed by atoms with Gasteiger partial charge in [-0.3, -0.25) is 0 Å². The van der Waals surface area contributed by atoms with Gasteiger partial charge in [-0.2, -0.15) is 0 Å². The summed E-state index contributed by atoms with van der Waals surface area (Å²) in [6.07, 6.45) is 2.30. The third-order valence-electron chi connectivity index (χ3n) is 2.07. The Bertz CT molecular complexity index is 357. The van der Waals surface area contributed by atoms with Crippen molar-refractivity contribution in [2.45, 2.75) is 6.42 Å². The van der Waals surface area contributed by atoms with Gasteiger partial charge in [0.25, 0.3) is 0 Å². The number of hydrogen-bond donors (Lipinski definition) is 1. The van der Waals surface area contributed by atoms with Gasteiger partial charge in [0.05, 0.1) is 0 Å². The largest absolute Gasteiger partial charge is 0.475 e. The summed E-state index contributed by atoms with van der Waals surface area (Å²) < 4.78 is 4.94. The molecule has 88 valence electrons. The van der Waals surface area contributed by atoms with Crippen LogP contribution in [0, 0.1) is 0 Å². The number of carboxylic acids is 1. The molecule has 1 aromatic rings. The summed E-state index contributed by atoms with van der Waals surface area (Å²) in [5.74, 6) is -0.702. The van der Waals surface area contributed by atoms with Crippen molar-refractivity contribution in [2.75, 3.05) is 32.2 Å². The van der Waals surface area contributed by atoms with E-state index >= 15 is 0 Å². The molecule has 0 saturated heterocycles. The van der Waals surface area contributed by atoms with E-state index in [4.69, 9.17) is 9.84 Å². The quantitative estimate of drug-likeness (QED) is 0.716. The van der Waals surface area contributed by atoms with Crippen molar-refractivity contribution in [1.82, 2.24) is 9.97 Å². The van der Waals surface area contributed by atoms with Gasteiger partial charge in [0.15, 0.2) is 0 Å². The van der Waals surface area contributed by atoms with E-state index in [-0.39, 0.29) is 5.82 Å². The van der Waals surface area contributed by atoms with E-state index in [0.717, 1.165) is 13.0 Å². The molecule has 0 spiro atoms. The average Bonchev–Trinajstić information content (AvgIpc) is 2.29. The second kappa shape index (κ2) is 6.02. The van der Waals surface area contributed by atoms with Crippen LogP contribution in [-0.4, -0.2) is 48.4 Å². The summed E-state index contributed by atoms with van der Waals surface area (Å²) >= 11 is 0. The standard InChI is InChI=1S/C10H15N3O3/c1-13(6-3-7-16-2)8-4-5-11-9(12-8)10(14)15/h4-5H,3,6-7H2,1-2H3,(H,14,15). The van der Waals surface area contributed by atoms with Crippen molar-refractivity contribution in [3.05, 3.63) is 18.1 Å². The molecule has 0 aliphatic heterocycles. The lowest BCUT2D eigenvalue weighted by Crippen LogP contribution is -2.22. The molecule has 0 fully saturated rings. The molecule has 1 aromatic heterocycles. The number of rotatable bonds is 6. The SMILES string of the molecule is COCCCN(C)c1ccnc(C(=O)O)n1. The maximum absolute atomic E-state index is 10.7. The third-order valence-corrected chi connectivity index (χ3v) is 2.07. The minimum Gasteiger partial charge on any atom is -0.475 e. The number of ether oxygens (including phenoxy) is 1. The summed E-state index contributed by atoms with van der Waals surface area (Å²) in [5, 5.41) is 8.74. The van der Waals surface area contributed by atoms with Crippen molar-refractivity contribution in [2.24, 2.45) is 0 Å². The maximum Gasteiger partial charge on any atom is 0.374 e. The van der Waals surface area contributed by atoms with Crippen LogP contribution in [0.3, 0.4) is 0 Å². The molecule has 16 heavy (non-hydrogen) atoms. The molecule has 0 aliphatic carbocycles. The predicted octanol–water partition coefficient (Wildman–Crippen LogP) is 0.647. The Morgan fingerprint density at radius 3 is 3.00 bits per heavy atom. The van der Waals surface area contributed by atoms with Crippen LogP contribution in [-0.2, 0) is 4.74 Å². The number of anilines is 1. The Morgan fingerprint density at radius 2 is 2.38 bits per heavy atom. The molecule has 1 rings (SSSR count). The highest BCUT2D eigenvalue weighted by Gasteiger charge is 2.09. The van der Waals surface area contributed by atoms with Gasteiger partial charge in [0.2, 0.25) is 5.82 Å². The Kier molecular flexibility index (Phi) is 4.65. The van der Waals surface area contributed by atoms with Crippen LogP contribution in [0.2, 0.25) is 0 Å². The Labute approximate surface area is 93.9 Å². The van der Waals surface area contributed by atoms with Crippen LogP contribution < -0.4 is 4.90 Å². The van der Waals surface area contributed by atoms with E-state index in [1.807, 2.05) is 11.9 Å². The normalized spacial score (nSPS) is 10.1. The Morgan fingerprint density at radius 1 is 1.62 bits per heavy atom. The minimum atomic E-state index is -1.12. The zero-order valence-corrected chi connectivity index (χ0v) is 9.38. The molecule has 0 bridgehead atoms. The monoisotopic (exact) mass is 225 g/mol. The molecule has 6 nitrogen and oxygen atoms in total. The van der Waals surface area contributed by atoms with E-state index in [9.17, 15) is 4.79 Å². The minimum absolute atomic E-state index is 0.184. The second-order valence-electron chi connectivity index (χ2n) is 3.31. The summed E-state index contributed by atoms with van der Waals surface area (Å²) in [5.41, 5.74) is 0. The molecule has 1 heterocycles. The highest BCUT2D eigenvalue weighted by Crippen LogP contribution is 2.08. The molecular formula is C10H15N3O3. The lowest BCUT2D eigenvalue weighted by atomic mass is 10.4. The first kappa shape index (κ1) is 12.4.